The Morgan fingerprint density at radius 2 is 1.85 bits per heavy atom. The van der Waals surface area contributed by atoms with Crippen molar-refractivity contribution in [2.75, 3.05) is 19.6 Å². The van der Waals surface area contributed by atoms with Crippen LogP contribution in [0.15, 0.2) is 0 Å². The van der Waals surface area contributed by atoms with Crippen molar-refractivity contribution in [3.05, 3.63) is 0 Å². The van der Waals surface area contributed by atoms with Gasteiger partial charge in [-0.25, -0.2) is 0 Å². The van der Waals surface area contributed by atoms with Gasteiger partial charge < -0.3 is 10.6 Å². The van der Waals surface area contributed by atoms with E-state index in [4.69, 9.17) is 5.73 Å². The second-order valence-electron chi connectivity index (χ2n) is 4.12. The fourth-order valence-electron chi connectivity index (χ4n) is 1.78. The van der Waals surface area contributed by atoms with Gasteiger partial charge in [-0.15, -0.1) is 0 Å². The highest BCUT2D eigenvalue weighted by molar-refractivity contribution is 4.84. The van der Waals surface area contributed by atoms with Crippen molar-refractivity contribution in [3.63, 3.8) is 0 Å². The number of nitrogens with zero attached hydrogens (tertiary/aromatic N) is 1. The van der Waals surface area contributed by atoms with E-state index in [1.807, 2.05) is 0 Å². The van der Waals surface area contributed by atoms with Crippen molar-refractivity contribution in [1.82, 2.24) is 4.90 Å². The minimum Gasteiger partial charge on any atom is -0.330 e. The largest absolute Gasteiger partial charge is 0.330 e. The molecule has 0 amide bonds. The Balaban J connectivity index is 2.06. The fourth-order valence-corrected chi connectivity index (χ4v) is 1.78. The zero-order chi connectivity index (χ0) is 9.52. The third-order valence-corrected chi connectivity index (χ3v) is 2.76. The summed E-state index contributed by atoms with van der Waals surface area (Å²) >= 11 is 0. The predicted octanol–water partition coefficient (Wildman–Crippen LogP) is 1.99. The maximum absolute atomic E-state index is 5.53. The van der Waals surface area contributed by atoms with E-state index in [0.717, 1.165) is 12.6 Å². The van der Waals surface area contributed by atoms with Gasteiger partial charge in [-0.1, -0.05) is 19.8 Å². The third kappa shape index (κ3) is 4.63. The Bertz CT molecular complexity index is 121. The summed E-state index contributed by atoms with van der Waals surface area (Å²) in [6.07, 6.45) is 8.11. The van der Waals surface area contributed by atoms with Crippen LogP contribution < -0.4 is 5.73 Å². The minimum atomic E-state index is 0.844. The van der Waals surface area contributed by atoms with Crippen LogP contribution in [0.25, 0.3) is 0 Å². The van der Waals surface area contributed by atoms with Crippen molar-refractivity contribution < 1.29 is 0 Å². The third-order valence-electron chi connectivity index (χ3n) is 2.76. The second-order valence-corrected chi connectivity index (χ2v) is 4.12. The Kier molecular flexibility index (Phi) is 5.40. The van der Waals surface area contributed by atoms with E-state index in [1.165, 1.54) is 51.6 Å². The zero-order valence-corrected chi connectivity index (χ0v) is 8.97. The van der Waals surface area contributed by atoms with Crippen molar-refractivity contribution in [2.24, 2.45) is 5.73 Å². The number of hydrogen-bond donors (Lipinski definition) is 1. The van der Waals surface area contributed by atoms with Gasteiger partial charge >= 0.3 is 0 Å². The smallest absolute Gasteiger partial charge is 0.00964 e. The number of unbranched alkanes of at least 4 members (excludes halogenated alkanes) is 2. The molecular formula is C11H24N2. The topological polar surface area (TPSA) is 29.3 Å². The van der Waals surface area contributed by atoms with Crippen LogP contribution in [0.4, 0.5) is 0 Å². The predicted molar refractivity (Wildman–Crippen MR) is 57.8 cm³/mol. The lowest BCUT2D eigenvalue weighted by Gasteiger charge is -2.21. The maximum atomic E-state index is 5.53. The molecule has 2 nitrogen and oxygen atoms in total. The molecule has 0 unspecified atom stereocenters. The normalized spacial score (nSPS) is 16.8. The van der Waals surface area contributed by atoms with Crippen molar-refractivity contribution in [2.45, 2.75) is 51.5 Å². The average Bonchev–Trinajstić information content (AvgIpc) is 2.94. The highest BCUT2D eigenvalue weighted by Crippen LogP contribution is 2.27. The fraction of sp³-hybridized carbons (Fsp3) is 1.00. The first-order valence-corrected chi connectivity index (χ1v) is 5.82. The first-order chi connectivity index (χ1) is 6.38. The summed E-state index contributed by atoms with van der Waals surface area (Å²) in [4.78, 5) is 2.64. The van der Waals surface area contributed by atoms with Gasteiger partial charge in [-0.3, -0.25) is 0 Å². The van der Waals surface area contributed by atoms with E-state index in [-0.39, 0.29) is 0 Å². The molecule has 13 heavy (non-hydrogen) atoms. The van der Waals surface area contributed by atoms with Gasteiger partial charge in [0.05, 0.1) is 0 Å². The van der Waals surface area contributed by atoms with Gasteiger partial charge in [0.15, 0.2) is 0 Å². The minimum absolute atomic E-state index is 0.844. The molecule has 1 rings (SSSR count). The SMILES string of the molecule is CCCCCN(CCCN)C1CC1. The molecule has 1 saturated carbocycles. The quantitative estimate of drug-likeness (QED) is 0.585. The van der Waals surface area contributed by atoms with Crippen LogP contribution >= 0.6 is 0 Å². The van der Waals surface area contributed by atoms with Gasteiger partial charge in [-0.05, 0) is 45.3 Å². The van der Waals surface area contributed by atoms with Crippen molar-refractivity contribution in [3.8, 4) is 0 Å². The van der Waals surface area contributed by atoms with Gasteiger partial charge in [0.2, 0.25) is 0 Å². The monoisotopic (exact) mass is 184 g/mol. The molecule has 0 atom stereocenters. The van der Waals surface area contributed by atoms with Gasteiger partial charge in [-0.2, -0.15) is 0 Å². The van der Waals surface area contributed by atoms with E-state index >= 15 is 0 Å². The molecule has 2 heteroatoms. The van der Waals surface area contributed by atoms with Gasteiger partial charge in [0.1, 0.15) is 0 Å². The summed E-state index contributed by atoms with van der Waals surface area (Å²) < 4.78 is 0. The van der Waals surface area contributed by atoms with Crippen LogP contribution in [-0.2, 0) is 0 Å². The van der Waals surface area contributed by atoms with Crippen LogP contribution in [0.1, 0.15) is 45.4 Å². The molecule has 0 heterocycles. The second kappa shape index (κ2) is 6.39. The molecule has 1 aliphatic rings. The lowest BCUT2D eigenvalue weighted by Crippen LogP contribution is -2.29. The van der Waals surface area contributed by atoms with Crippen LogP contribution in [0.2, 0.25) is 0 Å². The molecule has 0 aromatic rings. The van der Waals surface area contributed by atoms with Crippen LogP contribution in [0.3, 0.4) is 0 Å². The van der Waals surface area contributed by atoms with E-state index in [2.05, 4.69) is 11.8 Å². The first-order valence-electron chi connectivity index (χ1n) is 5.82. The maximum Gasteiger partial charge on any atom is 0.00964 e. The number of nitrogens with two attached hydrogens (primary N) is 1. The molecule has 1 aliphatic carbocycles. The highest BCUT2D eigenvalue weighted by atomic mass is 15.2. The molecular weight excluding hydrogens is 160 g/mol. The Labute approximate surface area is 82.5 Å². The summed E-state index contributed by atoms with van der Waals surface area (Å²) in [6, 6.07) is 0.920. The molecule has 0 aliphatic heterocycles. The lowest BCUT2D eigenvalue weighted by molar-refractivity contribution is 0.256. The summed E-state index contributed by atoms with van der Waals surface area (Å²) in [5, 5.41) is 0. The summed E-state index contributed by atoms with van der Waals surface area (Å²) in [5.41, 5.74) is 5.53. The first kappa shape index (κ1) is 11.0. The molecule has 0 bridgehead atoms. The highest BCUT2D eigenvalue weighted by Gasteiger charge is 2.27. The Hall–Kier alpha value is -0.0800. The molecule has 0 spiro atoms. The molecule has 0 aromatic carbocycles. The standard InChI is InChI=1S/C11H24N2/c1-2-3-4-9-13(10-5-8-12)11-6-7-11/h11H,2-10,12H2,1H3. The average molecular weight is 184 g/mol. The number of rotatable bonds is 8. The van der Waals surface area contributed by atoms with Crippen LogP contribution in [-0.4, -0.2) is 30.6 Å². The summed E-state index contributed by atoms with van der Waals surface area (Å²) in [7, 11) is 0. The zero-order valence-electron chi connectivity index (χ0n) is 8.97. The van der Waals surface area contributed by atoms with Crippen molar-refractivity contribution in [1.29, 1.82) is 0 Å². The van der Waals surface area contributed by atoms with E-state index < -0.39 is 0 Å². The lowest BCUT2D eigenvalue weighted by atomic mass is 10.2. The molecule has 0 radical (unpaired) electrons. The van der Waals surface area contributed by atoms with Gasteiger partial charge in [0, 0.05) is 6.04 Å². The molecule has 0 saturated heterocycles. The molecule has 1 fully saturated rings. The summed E-state index contributed by atoms with van der Waals surface area (Å²) in [6.45, 7) is 5.64. The van der Waals surface area contributed by atoms with Crippen LogP contribution in [0, 0.1) is 0 Å². The van der Waals surface area contributed by atoms with Gasteiger partial charge in [0.25, 0.3) is 0 Å². The van der Waals surface area contributed by atoms with E-state index in [0.29, 0.717) is 0 Å². The molecule has 78 valence electrons. The van der Waals surface area contributed by atoms with Crippen LogP contribution in [0.5, 0.6) is 0 Å². The van der Waals surface area contributed by atoms with E-state index in [9.17, 15) is 0 Å². The Morgan fingerprint density at radius 1 is 1.15 bits per heavy atom. The summed E-state index contributed by atoms with van der Waals surface area (Å²) in [5.74, 6) is 0. The Morgan fingerprint density at radius 3 is 2.38 bits per heavy atom. The van der Waals surface area contributed by atoms with Crippen molar-refractivity contribution >= 4 is 0 Å². The molecule has 2 N–H and O–H groups in total. The van der Waals surface area contributed by atoms with E-state index in [1.54, 1.807) is 0 Å². The number of hydrogen-bond acceptors (Lipinski definition) is 2. The molecule has 0 aromatic heterocycles.